The second kappa shape index (κ2) is 30.5. The molecule has 598 valence electrons. The van der Waals surface area contributed by atoms with Crippen molar-refractivity contribution >= 4 is 119 Å². The van der Waals surface area contributed by atoms with Gasteiger partial charge in [-0.2, -0.15) is 0 Å². The smallest absolute Gasteiger partial charge is 0.139 e. The van der Waals surface area contributed by atoms with Crippen molar-refractivity contribution in [3.05, 3.63) is 412 Å². The van der Waals surface area contributed by atoms with E-state index < -0.39 is 0 Å². The van der Waals surface area contributed by atoms with Crippen molar-refractivity contribution < 1.29 is 13.3 Å². The molecule has 7 heteroatoms. The molecule has 0 fully saturated rings. The number of benzene rings is 14. The van der Waals surface area contributed by atoms with Gasteiger partial charge in [0, 0.05) is 133 Å². The largest absolute Gasteiger partial charge is 0.456 e. The Bertz CT molecular complexity index is 7260. The number of thiophene rings is 4. The summed E-state index contributed by atoms with van der Waals surface area (Å²) in [6.07, 6.45) is 7.43. The summed E-state index contributed by atoms with van der Waals surface area (Å²) >= 11 is 7.77. The lowest BCUT2D eigenvalue weighted by Crippen LogP contribution is -1.82. The molecular weight excluding hydrogens is 1570 g/mol. The van der Waals surface area contributed by atoms with Crippen LogP contribution in [0.5, 0.6) is 0 Å². The summed E-state index contributed by atoms with van der Waals surface area (Å²) in [5.74, 6) is 3.23. The molecule has 7 heterocycles. The average Bonchev–Trinajstić information content (AvgIpc) is 1.64. The second-order valence-corrected chi connectivity index (χ2v) is 39.4. The lowest BCUT2D eigenvalue weighted by atomic mass is 10.1. The molecule has 0 bridgehead atoms. The van der Waals surface area contributed by atoms with Gasteiger partial charge in [-0.3, -0.25) is 0 Å². The zero-order valence-corrected chi connectivity index (χ0v) is 74.6. The fraction of sp³-hybridized carbons (Fsp3) is 0.155. The van der Waals surface area contributed by atoms with Gasteiger partial charge in [-0.15, -0.1) is 45.3 Å². The maximum absolute atomic E-state index is 6.05. The molecule has 0 N–H and O–H groups in total. The van der Waals surface area contributed by atoms with Crippen LogP contribution < -0.4 is 0 Å². The molecule has 123 heavy (non-hydrogen) atoms. The molecule has 14 aromatic carbocycles. The topological polar surface area (TPSA) is 39.4 Å². The lowest BCUT2D eigenvalue weighted by molar-refractivity contribution is 0.631. The van der Waals surface area contributed by atoms with E-state index in [1.807, 2.05) is 45.3 Å². The molecule has 0 amide bonds. The average molecular weight is 1660 g/mol. The van der Waals surface area contributed by atoms with E-state index in [2.05, 4.69) is 349 Å². The van der Waals surface area contributed by atoms with Crippen LogP contribution in [0.4, 0.5) is 0 Å². The first-order valence-electron chi connectivity index (χ1n) is 43.2. The molecule has 28 rings (SSSR count). The number of hydrogen-bond donors (Lipinski definition) is 0. The minimum atomic E-state index is 1.00. The third kappa shape index (κ3) is 13.7. The first kappa shape index (κ1) is 76.7. The van der Waals surface area contributed by atoms with E-state index in [0.29, 0.717) is 0 Å². The lowest BCUT2D eigenvalue weighted by Gasteiger charge is -2.00. The zero-order valence-electron chi connectivity index (χ0n) is 71.3. The van der Waals surface area contributed by atoms with Gasteiger partial charge in [0.05, 0.1) is 0 Å². The fourth-order valence-corrected chi connectivity index (χ4v) is 24.9. The maximum atomic E-state index is 6.05. The predicted octanol–water partition coefficient (Wildman–Crippen LogP) is 33.3. The van der Waals surface area contributed by atoms with E-state index >= 15 is 0 Å². The zero-order chi connectivity index (χ0) is 83.3. The Kier molecular flexibility index (Phi) is 19.0. The van der Waals surface area contributed by atoms with E-state index in [4.69, 9.17) is 13.3 Å². The van der Waals surface area contributed by atoms with Crippen LogP contribution >= 0.6 is 45.3 Å². The Morgan fingerprint density at radius 3 is 0.789 bits per heavy atom. The van der Waals surface area contributed by atoms with Crippen molar-refractivity contribution in [1.82, 2.24) is 0 Å². The highest BCUT2D eigenvalue weighted by Gasteiger charge is 2.32. The number of furan rings is 3. The Balaban J connectivity index is 0.0000000855. The molecule has 0 saturated heterocycles. The molecular formula is C116H92O3S4. The van der Waals surface area contributed by atoms with Crippen molar-refractivity contribution in [3.63, 3.8) is 0 Å². The molecule has 3 nitrogen and oxygen atoms in total. The molecule has 0 radical (unpaired) electrons. The summed E-state index contributed by atoms with van der Waals surface area (Å²) in [5, 5.41) is 9.66. The van der Waals surface area contributed by atoms with Crippen LogP contribution in [-0.4, -0.2) is 0 Å². The van der Waals surface area contributed by atoms with Crippen LogP contribution in [0.3, 0.4) is 0 Å². The van der Waals surface area contributed by atoms with Gasteiger partial charge < -0.3 is 13.3 Å². The SMILES string of the molecule is Cc1ccc2c(c1)-c1oc3ccc(C)cc3c1C2.Cc1ccc2c(c1)-c1oc3ccc(C)cc3c1C2.Cc1ccc2c(c1)-c1sc3ccc(C)cc3c1C2.Cc1ccc2c(c1)-c1sc3ccc(C)cc3c1C2.Cc1ccc2c(c1)-c1sc3ccccc3c1C2.Cc1ccc2oc3c(c2c1)Cc1ccccc1-3.Cc1ccc2sc3c(c2c1)Cc1ccccc1-3. The van der Waals surface area contributed by atoms with Crippen molar-refractivity contribution in [3.8, 4) is 75.7 Å². The maximum Gasteiger partial charge on any atom is 0.139 e. The van der Waals surface area contributed by atoms with Crippen LogP contribution in [0.25, 0.3) is 149 Å². The normalized spacial score (nSPS) is 12.8. The van der Waals surface area contributed by atoms with E-state index in [1.54, 1.807) is 11.1 Å². The van der Waals surface area contributed by atoms with Crippen molar-refractivity contribution in [2.75, 3.05) is 0 Å². The van der Waals surface area contributed by atoms with Crippen LogP contribution in [0, 0.1) is 76.2 Å². The second-order valence-electron chi connectivity index (χ2n) is 35.2. The van der Waals surface area contributed by atoms with Gasteiger partial charge in [0.1, 0.15) is 34.0 Å². The fourth-order valence-electron chi connectivity index (χ4n) is 19.8. The highest BCUT2D eigenvalue weighted by atomic mass is 32.1. The monoisotopic (exact) mass is 1660 g/mol. The summed E-state index contributed by atoms with van der Waals surface area (Å²) in [5.41, 5.74) is 47.6. The number of fused-ring (bicyclic) bond motifs is 35. The summed E-state index contributed by atoms with van der Waals surface area (Å²) < 4.78 is 23.8. The summed E-state index contributed by atoms with van der Waals surface area (Å²) in [7, 11) is 0. The highest BCUT2D eigenvalue weighted by molar-refractivity contribution is 7.23. The molecule has 0 saturated carbocycles. The van der Waals surface area contributed by atoms with E-state index in [0.717, 1.165) is 79.0 Å². The quantitative estimate of drug-likeness (QED) is 0.152. The van der Waals surface area contributed by atoms with Crippen LogP contribution in [0.15, 0.2) is 286 Å². The van der Waals surface area contributed by atoms with Crippen molar-refractivity contribution in [2.45, 2.75) is 121 Å². The van der Waals surface area contributed by atoms with E-state index in [1.165, 1.54) is 243 Å². The molecule has 7 aliphatic carbocycles. The Morgan fingerprint density at radius 2 is 0.415 bits per heavy atom. The highest BCUT2D eigenvalue weighted by Crippen LogP contribution is 2.53. The predicted molar refractivity (Wildman–Crippen MR) is 526 cm³/mol. The standard InChI is InChI=1S/2C17H14O.2C17H14S.C16H12O.2C16H12S/c4*1-10-3-5-12-9-15-14-8-11(2)4-6-16(14)18-17(15)13(12)7-10;1-10-6-7-15-13(8-10)14-9-11-4-2-3-5-12(11)16(14)17-15;1-10-6-7-11-9-14-12-4-2-3-5-15(12)17-16(14)13(11)8-10;1-10-6-7-15-13(8-10)14-9-11-4-2-3-5-12(11)16(14)17-15/h4*3-8H,9H2,1-2H3;3*2-8H,9H2,1H3. The van der Waals surface area contributed by atoms with Crippen molar-refractivity contribution in [2.24, 2.45) is 0 Å². The summed E-state index contributed by atoms with van der Waals surface area (Å²) in [6, 6.07) is 99.5. The Hall–Kier alpha value is -12.5. The molecule has 7 aromatic heterocycles. The minimum absolute atomic E-state index is 1.00. The summed E-state index contributed by atoms with van der Waals surface area (Å²) in [4.78, 5) is 5.97. The van der Waals surface area contributed by atoms with Crippen molar-refractivity contribution in [1.29, 1.82) is 0 Å². The van der Waals surface area contributed by atoms with Crippen LogP contribution in [0.1, 0.15) is 139 Å². The minimum Gasteiger partial charge on any atom is -0.456 e. The first-order valence-corrected chi connectivity index (χ1v) is 46.4. The van der Waals surface area contributed by atoms with E-state index in [9.17, 15) is 0 Å². The third-order valence-electron chi connectivity index (χ3n) is 26.0. The van der Waals surface area contributed by atoms with Gasteiger partial charge in [-0.25, -0.2) is 0 Å². The Labute approximate surface area is 734 Å². The van der Waals surface area contributed by atoms with Gasteiger partial charge in [-0.05, 0) is 254 Å². The molecule has 0 spiro atoms. The van der Waals surface area contributed by atoms with Gasteiger partial charge in [0.15, 0.2) is 0 Å². The molecule has 7 aliphatic rings. The van der Waals surface area contributed by atoms with Gasteiger partial charge >= 0.3 is 0 Å². The molecule has 21 aromatic rings. The van der Waals surface area contributed by atoms with E-state index in [-0.39, 0.29) is 0 Å². The first-order chi connectivity index (χ1) is 59.9. The van der Waals surface area contributed by atoms with Crippen LogP contribution in [0.2, 0.25) is 0 Å². The van der Waals surface area contributed by atoms with Gasteiger partial charge in [-0.1, -0.05) is 261 Å². The number of aryl methyl sites for hydroxylation is 11. The molecule has 0 unspecified atom stereocenters. The van der Waals surface area contributed by atoms with Gasteiger partial charge in [0.2, 0.25) is 0 Å². The Morgan fingerprint density at radius 1 is 0.179 bits per heavy atom. The molecule has 0 atom stereocenters. The van der Waals surface area contributed by atoms with Gasteiger partial charge in [0.25, 0.3) is 0 Å². The third-order valence-corrected chi connectivity index (χ3v) is 31.0. The number of rotatable bonds is 0. The number of hydrogen-bond acceptors (Lipinski definition) is 7. The van der Waals surface area contributed by atoms with Crippen LogP contribution in [-0.2, 0) is 44.9 Å². The molecule has 0 aliphatic heterocycles. The summed E-state index contributed by atoms with van der Waals surface area (Å²) in [6.45, 7) is 23.7.